The van der Waals surface area contributed by atoms with Gasteiger partial charge in [0.1, 0.15) is 5.82 Å². The second kappa shape index (κ2) is 13.3. The molecular formula is C29H36FN3O4S. The van der Waals surface area contributed by atoms with Crippen LogP contribution < -0.4 is 0 Å². The number of carbonyl (C=O) groups excluding carboxylic acids is 3. The molecule has 204 valence electrons. The number of halogens is 1. The van der Waals surface area contributed by atoms with Crippen LogP contribution in [0.1, 0.15) is 69.7 Å². The molecule has 38 heavy (non-hydrogen) atoms. The zero-order chi connectivity index (χ0) is 27.1. The van der Waals surface area contributed by atoms with Gasteiger partial charge in [-0.1, -0.05) is 30.0 Å². The Kier molecular flexibility index (Phi) is 9.91. The Balaban J connectivity index is 1.50. The summed E-state index contributed by atoms with van der Waals surface area (Å²) in [6.45, 7) is 5.52. The van der Waals surface area contributed by atoms with Gasteiger partial charge in [0.25, 0.3) is 0 Å². The van der Waals surface area contributed by atoms with Crippen LogP contribution in [0.4, 0.5) is 4.39 Å². The third-order valence-corrected chi connectivity index (χ3v) is 8.07. The normalized spacial score (nSPS) is 19.9. The minimum atomic E-state index is -0.632. The lowest BCUT2D eigenvalue weighted by atomic mass is 9.93. The molecule has 1 aromatic heterocycles. The van der Waals surface area contributed by atoms with Gasteiger partial charge in [-0.3, -0.25) is 24.0 Å². The van der Waals surface area contributed by atoms with Gasteiger partial charge < -0.3 is 4.74 Å². The van der Waals surface area contributed by atoms with Gasteiger partial charge in [-0.2, -0.15) is 5.10 Å². The molecule has 9 heteroatoms. The number of Topliss-reactive ketones (excluding diaryl/α,β-unsaturated/α-hetero) is 1. The van der Waals surface area contributed by atoms with E-state index in [4.69, 9.17) is 4.74 Å². The molecule has 1 saturated heterocycles. The number of piperidine rings is 1. The predicted octanol–water partition coefficient (Wildman–Crippen LogP) is 5.21. The second-order valence-electron chi connectivity index (χ2n) is 9.94. The fourth-order valence-electron chi connectivity index (χ4n) is 4.94. The molecule has 7 nitrogen and oxygen atoms in total. The first kappa shape index (κ1) is 28.2. The highest BCUT2D eigenvalue weighted by Gasteiger charge is 2.41. The van der Waals surface area contributed by atoms with E-state index >= 15 is 0 Å². The Labute approximate surface area is 227 Å². The van der Waals surface area contributed by atoms with Crippen molar-refractivity contribution in [1.82, 2.24) is 14.7 Å². The number of nitrogens with zero attached hydrogens (tertiary/aromatic N) is 3. The summed E-state index contributed by atoms with van der Waals surface area (Å²) in [6.07, 6.45) is 8.25. The van der Waals surface area contributed by atoms with E-state index in [0.717, 1.165) is 37.0 Å². The maximum Gasteiger partial charge on any atom is 0.305 e. The van der Waals surface area contributed by atoms with E-state index in [1.54, 1.807) is 32.0 Å². The third kappa shape index (κ3) is 7.63. The molecule has 1 aromatic carbocycles. The van der Waals surface area contributed by atoms with E-state index < -0.39 is 6.04 Å². The average Bonchev–Trinajstić information content (AvgIpc) is 3.64. The standard InChI is InChI=1S/C29H36FN3O4S/c1-3-37-27(35)10-6-7-15-33-17-13-23(31-33)18-22-19-32(16-14-26(22)38-20(2)34)28(29(36)21-11-12-21)24-8-4-5-9-25(24)30/h4-5,8-9,13,17-18,21,26,28H,3,6-7,10-12,14-16,19H2,1-2H3/b22-18-. The molecule has 0 amide bonds. The summed E-state index contributed by atoms with van der Waals surface area (Å²) in [4.78, 5) is 39.0. The number of rotatable bonds is 12. The molecule has 0 spiro atoms. The number of aromatic nitrogens is 2. The number of ketones is 1. The van der Waals surface area contributed by atoms with Crippen molar-refractivity contribution in [2.45, 2.75) is 70.2 Å². The maximum atomic E-state index is 14.9. The van der Waals surface area contributed by atoms with Crippen LogP contribution in [0.3, 0.4) is 0 Å². The summed E-state index contributed by atoms with van der Waals surface area (Å²) < 4.78 is 21.7. The number of unbranched alkanes of at least 4 members (excludes halogenated alkanes) is 1. The van der Waals surface area contributed by atoms with E-state index in [9.17, 15) is 18.8 Å². The van der Waals surface area contributed by atoms with Crippen LogP contribution in [0, 0.1) is 11.7 Å². The SMILES string of the molecule is CCOC(=O)CCCCn1ccc(/C=C2/CN(C(C(=O)C3CC3)c3ccccc3F)CCC2SC(C)=O)n1. The van der Waals surface area contributed by atoms with E-state index in [1.807, 2.05) is 23.0 Å². The molecule has 1 aliphatic heterocycles. The molecule has 2 heterocycles. The van der Waals surface area contributed by atoms with Crippen molar-refractivity contribution < 1.29 is 23.5 Å². The number of hydrogen-bond acceptors (Lipinski definition) is 7. The van der Waals surface area contributed by atoms with Crippen LogP contribution >= 0.6 is 11.8 Å². The molecule has 2 aromatic rings. The summed E-state index contributed by atoms with van der Waals surface area (Å²) in [7, 11) is 0. The van der Waals surface area contributed by atoms with Gasteiger partial charge in [-0.25, -0.2) is 4.39 Å². The zero-order valence-corrected chi connectivity index (χ0v) is 22.9. The first-order chi connectivity index (χ1) is 18.4. The lowest BCUT2D eigenvalue weighted by Crippen LogP contribution is -2.43. The lowest BCUT2D eigenvalue weighted by Gasteiger charge is -2.38. The molecule has 2 fully saturated rings. The van der Waals surface area contributed by atoms with Gasteiger partial charge in [0, 0.05) is 55.9 Å². The van der Waals surface area contributed by atoms with E-state index in [-0.39, 0.29) is 33.9 Å². The van der Waals surface area contributed by atoms with Crippen molar-refractivity contribution >= 4 is 34.7 Å². The average molecular weight is 542 g/mol. The van der Waals surface area contributed by atoms with E-state index in [0.29, 0.717) is 44.6 Å². The highest BCUT2D eigenvalue weighted by atomic mass is 32.2. The van der Waals surface area contributed by atoms with Crippen molar-refractivity contribution in [2.75, 3.05) is 19.7 Å². The molecule has 2 aliphatic rings. The lowest BCUT2D eigenvalue weighted by molar-refractivity contribution is -0.143. The summed E-state index contributed by atoms with van der Waals surface area (Å²) in [6, 6.07) is 7.84. The van der Waals surface area contributed by atoms with E-state index in [1.165, 1.54) is 17.8 Å². The van der Waals surface area contributed by atoms with Gasteiger partial charge in [0.2, 0.25) is 0 Å². The maximum absolute atomic E-state index is 14.9. The summed E-state index contributed by atoms with van der Waals surface area (Å²) >= 11 is 1.30. The van der Waals surface area contributed by atoms with Crippen molar-refractivity contribution in [3.05, 3.63) is 59.2 Å². The summed E-state index contributed by atoms with van der Waals surface area (Å²) in [5.74, 6) is -0.461. The Morgan fingerprint density at radius 3 is 2.68 bits per heavy atom. The van der Waals surface area contributed by atoms with Gasteiger partial charge >= 0.3 is 5.97 Å². The molecule has 4 rings (SSSR count). The van der Waals surface area contributed by atoms with E-state index in [2.05, 4.69) is 10.00 Å². The summed E-state index contributed by atoms with van der Waals surface area (Å²) in [5, 5.41) is 4.70. The van der Waals surface area contributed by atoms with Gasteiger partial charge in [-0.05, 0) is 62.8 Å². The number of ether oxygens (including phenoxy) is 1. The Morgan fingerprint density at radius 2 is 1.97 bits per heavy atom. The number of aryl methyl sites for hydroxylation is 1. The first-order valence-corrected chi connectivity index (χ1v) is 14.3. The van der Waals surface area contributed by atoms with Crippen molar-refractivity contribution in [2.24, 2.45) is 5.92 Å². The number of carbonyl (C=O) groups is 3. The smallest absolute Gasteiger partial charge is 0.305 e. The van der Waals surface area contributed by atoms with Crippen LogP contribution in [-0.2, 0) is 25.7 Å². The Morgan fingerprint density at radius 1 is 1.18 bits per heavy atom. The molecule has 2 atom stereocenters. The Bertz CT molecular complexity index is 1180. The zero-order valence-electron chi connectivity index (χ0n) is 22.1. The van der Waals surface area contributed by atoms with Crippen molar-refractivity contribution in [1.29, 1.82) is 0 Å². The molecule has 1 saturated carbocycles. The third-order valence-electron chi connectivity index (χ3n) is 6.92. The van der Waals surface area contributed by atoms with Crippen LogP contribution in [0.2, 0.25) is 0 Å². The molecular weight excluding hydrogens is 505 g/mol. The van der Waals surface area contributed by atoms with Crippen LogP contribution in [-0.4, -0.2) is 56.5 Å². The fraction of sp³-hybridized carbons (Fsp3) is 0.517. The van der Waals surface area contributed by atoms with Gasteiger partial charge in [-0.15, -0.1) is 0 Å². The number of hydrogen-bond donors (Lipinski definition) is 0. The minimum absolute atomic E-state index is 0.00381. The van der Waals surface area contributed by atoms with Gasteiger partial charge in [0.15, 0.2) is 10.9 Å². The first-order valence-electron chi connectivity index (χ1n) is 13.4. The largest absolute Gasteiger partial charge is 0.466 e. The summed E-state index contributed by atoms with van der Waals surface area (Å²) in [5.41, 5.74) is 2.21. The molecule has 2 unspecified atom stereocenters. The van der Waals surface area contributed by atoms with Crippen molar-refractivity contribution in [3.8, 4) is 0 Å². The quantitative estimate of drug-likeness (QED) is 0.269. The highest BCUT2D eigenvalue weighted by molar-refractivity contribution is 8.14. The van der Waals surface area contributed by atoms with Crippen LogP contribution in [0.5, 0.6) is 0 Å². The number of esters is 1. The number of likely N-dealkylation sites (tertiary alicyclic amines) is 1. The second-order valence-corrected chi connectivity index (χ2v) is 11.3. The minimum Gasteiger partial charge on any atom is -0.466 e. The monoisotopic (exact) mass is 541 g/mol. The van der Waals surface area contributed by atoms with Crippen LogP contribution in [0.25, 0.3) is 6.08 Å². The fourth-order valence-corrected chi connectivity index (χ4v) is 5.86. The molecule has 0 bridgehead atoms. The molecule has 0 N–H and O–H groups in total. The highest BCUT2D eigenvalue weighted by Crippen LogP contribution is 2.40. The van der Waals surface area contributed by atoms with Crippen LogP contribution in [0.15, 0.2) is 42.1 Å². The molecule has 1 aliphatic carbocycles. The van der Waals surface area contributed by atoms with Gasteiger partial charge in [0.05, 0.1) is 18.3 Å². The number of benzene rings is 1. The topological polar surface area (TPSA) is 81.5 Å². The Hall–Kier alpha value is -2.78. The molecule has 0 radical (unpaired) electrons. The van der Waals surface area contributed by atoms with Crippen molar-refractivity contribution in [3.63, 3.8) is 0 Å². The number of thioether (sulfide) groups is 1. The predicted molar refractivity (Wildman–Crippen MR) is 146 cm³/mol.